The molecule has 0 spiro atoms. The summed E-state index contributed by atoms with van der Waals surface area (Å²) in [6.07, 6.45) is 5.19. The first kappa shape index (κ1) is 21.4. The van der Waals surface area contributed by atoms with Gasteiger partial charge in [0.2, 0.25) is 9.76 Å². The minimum atomic E-state index is -0.919. The summed E-state index contributed by atoms with van der Waals surface area (Å²) in [6.45, 7) is 6.11. The number of rotatable bonds is 12. The summed E-state index contributed by atoms with van der Waals surface area (Å²) in [5.74, 6) is -1.85. The molecule has 7 heteroatoms. The molecule has 0 heterocycles. The van der Waals surface area contributed by atoms with Gasteiger partial charge in [0.25, 0.3) is 0 Å². The number of ether oxygens (including phenoxy) is 2. The number of esters is 2. The zero-order chi connectivity index (χ0) is 17.5. The van der Waals surface area contributed by atoms with E-state index in [1.807, 2.05) is 6.92 Å². The fourth-order valence-corrected chi connectivity index (χ4v) is 2.83. The lowest BCUT2D eigenvalue weighted by Gasteiger charge is -2.14. The molecule has 0 aromatic heterocycles. The Labute approximate surface area is 140 Å². The standard InChI is InChI=1S/C16H28O6Si/c1-4-7-11-20-14(17)9-10-15(18)21-13(6-3)16(19)22-23-12-8-5-2/h9-10,13H,4-8,11-12,23H2,1-3H3/b10-9+. The highest BCUT2D eigenvalue weighted by Crippen LogP contribution is 2.04. The third kappa shape index (κ3) is 11.6. The number of carbonyl (C=O) groups is 3. The monoisotopic (exact) mass is 344 g/mol. The highest BCUT2D eigenvalue weighted by molar-refractivity contribution is 6.30. The number of carbonyl (C=O) groups excluding carboxylic acids is 3. The normalized spacial score (nSPS) is 12.5. The predicted molar refractivity (Wildman–Crippen MR) is 89.5 cm³/mol. The molecule has 0 bridgehead atoms. The van der Waals surface area contributed by atoms with Crippen LogP contribution in [0.25, 0.3) is 0 Å². The van der Waals surface area contributed by atoms with Crippen molar-refractivity contribution in [1.82, 2.24) is 0 Å². The van der Waals surface area contributed by atoms with Gasteiger partial charge in [0.05, 0.1) is 6.61 Å². The van der Waals surface area contributed by atoms with E-state index < -0.39 is 33.8 Å². The second-order valence-electron chi connectivity index (χ2n) is 5.06. The van der Waals surface area contributed by atoms with Crippen molar-refractivity contribution in [1.29, 1.82) is 0 Å². The second-order valence-corrected chi connectivity index (χ2v) is 6.47. The molecule has 132 valence electrons. The molecule has 0 aliphatic heterocycles. The van der Waals surface area contributed by atoms with E-state index in [2.05, 4.69) is 6.92 Å². The smallest absolute Gasteiger partial charge is 0.333 e. The van der Waals surface area contributed by atoms with Crippen molar-refractivity contribution in [2.75, 3.05) is 6.61 Å². The average Bonchev–Trinajstić information content (AvgIpc) is 2.54. The van der Waals surface area contributed by atoms with E-state index in [4.69, 9.17) is 13.9 Å². The SMILES string of the molecule is CCCCOC(=O)/C=C/C(=O)OC(CC)C(=O)O[SiH2]CCCC. The Kier molecular flexibility index (Phi) is 13.0. The van der Waals surface area contributed by atoms with Crippen LogP contribution in [-0.4, -0.2) is 40.4 Å². The predicted octanol–water partition coefficient (Wildman–Crippen LogP) is 2.05. The van der Waals surface area contributed by atoms with E-state index >= 15 is 0 Å². The van der Waals surface area contributed by atoms with Gasteiger partial charge in [-0.05, 0) is 18.9 Å². The molecule has 0 aromatic rings. The van der Waals surface area contributed by atoms with Gasteiger partial charge in [0.1, 0.15) is 0 Å². The van der Waals surface area contributed by atoms with Gasteiger partial charge < -0.3 is 13.9 Å². The van der Waals surface area contributed by atoms with Crippen LogP contribution in [0.4, 0.5) is 0 Å². The maximum absolute atomic E-state index is 11.8. The summed E-state index contributed by atoms with van der Waals surface area (Å²) in [7, 11) is -0.903. The Morgan fingerprint density at radius 1 is 1.00 bits per heavy atom. The Morgan fingerprint density at radius 2 is 1.65 bits per heavy atom. The molecule has 0 rings (SSSR count). The number of hydrogen-bond acceptors (Lipinski definition) is 6. The first-order valence-corrected chi connectivity index (χ1v) is 9.84. The molecule has 0 N–H and O–H groups in total. The lowest BCUT2D eigenvalue weighted by Crippen LogP contribution is -2.29. The maximum Gasteiger partial charge on any atom is 0.333 e. The highest BCUT2D eigenvalue weighted by atomic mass is 28.2. The fraction of sp³-hybridized carbons (Fsp3) is 0.688. The molecule has 6 nitrogen and oxygen atoms in total. The van der Waals surface area contributed by atoms with Crippen molar-refractivity contribution in [3.63, 3.8) is 0 Å². The zero-order valence-electron chi connectivity index (χ0n) is 14.3. The van der Waals surface area contributed by atoms with Crippen LogP contribution >= 0.6 is 0 Å². The molecule has 0 aromatic carbocycles. The van der Waals surface area contributed by atoms with E-state index in [0.29, 0.717) is 13.0 Å². The van der Waals surface area contributed by atoms with E-state index in [1.165, 1.54) is 0 Å². The topological polar surface area (TPSA) is 78.9 Å². The van der Waals surface area contributed by atoms with Gasteiger partial charge in [0.15, 0.2) is 6.10 Å². The van der Waals surface area contributed by atoms with Crippen LogP contribution in [0.1, 0.15) is 52.9 Å². The van der Waals surface area contributed by atoms with Gasteiger partial charge in [-0.25, -0.2) is 14.4 Å². The van der Waals surface area contributed by atoms with Gasteiger partial charge in [-0.2, -0.15) is 0 Å². The van der Waals surface area contributed by atoms with Crippen LogP contribution in [0.2, 0.25) is 6.04 Å². The molecule has 0 saturated heterocycles. The fourth-order valence-electron chi connectivity index (χ4n) is 1.60. The van der Waals surface area contributed by atoms with Crippen LogP contribution in [0.3, 0.4) is 0 Å². The second kappa shape index (κ2) is 14.0. The van der Waals surface area contributed by atoms with E-state index in [0.717, 1.165) is 43.9 Å². The van der Waals surface area contributed by atoms with Crippen molar-refractivity contribution >= 4 is 27.7 Å². The summed E-state index contributed by atoms with van der Waals surface area (Å²) in [4.78, 5) is 34.7. The molecule has 1 atom stereocenters. The Bertz CT molecular complexity index is 394. The first-order chi connectivity index (χ1) is 11.0. The van der Waals surface area contributed by atoms with Crippen molar-refractivity contribution in [3.05, 3.63) is 12.2 Å². The molecular formula is C16H28O6Si. The third-order valence-electron chi connectivity index (χ3n) is 2.98. The molecule has 1 unspecified atom stereocenters. The lowest BCUT2D eigenvalue weighted by molar-refractivity contribution is -0.159. The molecule has 23 heavy (non-hydrogen) atoms. The Morgan fingerprint density at radius 3 is 2.26 bits per heavy atom. The number of unbranched alkanes of at least 4 members (excludes halogenated alkanes) is 2. The van der Waals surface area contributed by atoms with Crippen LogP contribution in [0.5, 0.6) is 0 Å². The summed E-state index contributed by atoms with van der Waals surface area (Å²) in [5.41, 5.74) is 0. The average molecular weight is 344 g/mol. The molecule has 0 saturated carbocycles. The minimum Gasteiger partial charge on any atom is -0.522 e. The van der Waals surface area contributed by atoms with E-state index in [9.17, 15) is 14.4 Å². The molecule has 0 fully saturated rings. The molecule has 0 aliphatic rings. The van der Waals surface area contributed by atoms with Gasteiger partial charge in [-0.1, -0.05) is 40.0 Å². The van der Waals surface area contributed by atoms with Crippen molar-refractivity contribution in [3.8, 4) is 0 Å². The molecule has 0 amide bonds. The quantitative estimate of drug-likeness (QED) is 0.233. The Hall–Kier alpha value is -1.63. The summed E-state index contributed by atoms with van der Waals surface area (Å²) < 4.78 is 15.1. The molecule has 0 radical (unpaired) electrons. The molecule has 0 aliphatic carbocycles. The van der Waals surface area contributed by atoms with Crippen LogP contribution in [-0.2, 0) is 28.3 Å². The van der Waals surface area contributed by atoms with Crippen LogP contribution in [0.15, 0.2) is 12.2 Å². The van der Waals surface area contributed by atoms with Gasteiger partial charge in [-0.3, -0.25) is 0 Å². The number of hydrogen-bond donors (Lipinski definition) is 0. The summed E-state index contributed by atoms with van der Waals surface area (Å²) in [5, 5.41) is 0. The van der Waals surface area contributed by atoms with Gasteiger partial charge >= 0.3 is 17.9 Å². The maximum atomic E-state index is 11.8. The highest BCUT2D eigenvalue weighted by Gasteiger charge is 2.21. The van der Waals surface area contributed by atoms with E-state index in [-0.39, 0.29) is 0 Å². The van der Waals surface area contributed by atoms with Crippen molar-refractivity contribution in [2.24, 2.45) is 0 Å². The first-order valence-electron chi connectivity index (χ1n) is 8.27. The van der Waals surface area contributed by atoms with Gasteiger partial charge in [-0.15, -0.1) is 0 Å². The van der Waals surface area contributed by atoms with Crippen molar-refractivity contribution in [2.45, 2.75) is 65.0 Å². The third-order valence-corrected chi connectivity index (χ3v) is 4.26. The van der Waals surface area contributed by atoms with Crippen LogP contribution < -0.4 is 0 Å². The summed E-state index contributed by atoms with van der Waals surface area (Å²) in [6, 6.07) is 0.927. The van der Waals surface area contributed by atoms with Gasteiger partial charge in [0, 0.05) is 12.2 Å². The lowest BCUT2D eigenvalue weighted by atomic mass is 10.3. The Balaban J connectivity index is 4.16. The zero-order valence-corrected chi connectivity index (χ0v) is 15.8. The van der Waals surface area contributed by atoms with Crippen molar-refractivity contribution < 1.29 is 28.3 Å². The minimum absolute atomic E-state index is 0.320. The van der Waals surface area contributed by atoms with E-state index in [1.54, 1.807) is 6.92 Å². The molecular weight excluding hydrogens is 316 g/mol. The summed E-state index contributed by atoms with van der Waals surface area (Å²) >= 11 is 0. The van der Waals surface area contributed by atoms with Crippen LogP contribution in [0, 0.1) is 0 Å². The largest absolute Gasteiger partial charge is 0.522 e.